The number of ether oxygens (including phenoxy) is 2. The van der Waals surface area contributed by atoms with Crippen LogP contribution in [0.2, 0.25) is 0 Å². The molecule has 1 N–H and O–H groups in total. The normalized spacial score (nSPS) is 15.8. The van der Waals surface area contributed by atoms with Gasteiger partial charge in [-0.2, -0.15) is 0 Å². The molecule has 0 fully saturated rings. The van der Waals surface area contributed by atoms with Gasteiger partial charge in [-0.15, -0.1) is 0 Å². The van der Waals surface area contributed by atoms with Gasteiger partial charge in [0.25, 0.3) is 0 Å². The first kappa shape index (κ1) is 13.7. The molecule has 0 bridgehead atoms. The Labute approximate surface area is 113 Å². The summed E-state index contributed by atoms with van der Waals surface area (Å²) in [5.74, 6) is 1.19. The van der Waals surface area contributed by atoms with Crippen LogP contribution in [-0.2, 0) is 4.79 Å². The van der Waals surface area contributed by atoms with Crippen molar-refractivity contribution in [2.75, 3.05) is 27.3 Å². The number of hydrazine groups is 1. The largest absolute Gasteiger partial charge is 0.490 e. The Balaban J connectivity index is 2.16. The fourth-order valence-electron chi connectivity index (χ4n) is 1.92. The quantitative estimate of drug-likeness (QED) is 0.841. The highest BCUT2D eigenvalue weighted by Crippen LogP contribution is 2.32. The SMILES string of the molecule is CC(C(=O)NN(C)C)c1ccc2c(c1)OCCCO2. The first-order chi connectivity index (χ1) is 9.08. The Morgan fingerprint density at radius 1 is 1.26 bits per heavy atom. The van der Waals surface area contributed by atoms with Crippen molar-refractivity contribution in [1.29, 1.82) is 0 Å². The number of fused-ring (bicyclic) bond motifs is 1. The number of carbonyl (C=O) groups is 1. The van der Waals surface area contributed by atoms with Crippen LogP contribution in [0.4, 0.5) is 0 Å². The summed E-state index contributed by atoms with van der Waals surface area (Å²) in [6, 6.07) is 5.67. The second-order valence-corrected chi connectivity index (χ2v) is 4.85. The minimum Gasteiger partial charge on any atom is -0.490 e. The van der Waals surface area contributed by atoms with Gasteiger partial charge in [0.05, 0.1) is 19.1 Å². The predicted molar refractivity (Wildman–Crippen MR) is 72.3 cm³/mol. The number of amides is 1. The molecule has 0 radical (unpaired) electrons. The molecule has 104 valence electrons. The zero-order valence-corrected chi connectivity index (χ0v) is 11.6. The average molecular weight is 264 g/mol. The van der Waals surface area contributed by atoms with E-state index in [1.165, 1.54) is 0 Å². The van der Waals surface area contributed by atoms with E-state index in [4.69, 9.17) is 9.47 Å². The highest BCUT2D eigenvalue weighted by Gasteiger charge is 2.18. The van der Waals surface area contributed by atoms with Crippen LogP contribution in [0.1, 0.15) is 24.8 Å². The van der Waals surface area contributed by atoms with Crippen molar-refractivity contribution in [2.45, 2.75) is 19.3 Å². The molecule has 1 atom stereocenters. The fraction of sp³-hybridized carbons (Fsp3) is 0.500. The van der Waals surface area contributed by atoms with Crippen LogP contribution in [0.3, 0.4) is 0 Å². The molecule has 0 aliphatic carbocycles. The summed E-state index contributed by atoms with van der Waals surface area (Å²) in [5.41, 5.74) is 3.68. The minimum atomic E-state index is -0.237. The molecule has 1 aliphatic heterocycles. The van der Waals surface area contributed by atoms with Crippen LogP contribution in [0.15, 0.2) is 18.2 Å². The molecule has 5 heteroatoms. The van der Waals surface area contributed by atoms with Gasteiger partial charge in [0.15, 0.2) is 11.5 Å². The summed E-state index contributed by atoms with van der Waals surface area (Å²) < 4.78 is 11.2. The van der Waals surface area contributed by atoms with E-state index in [2.05, 4.69) is 5.43 Å². The van der Waals surface area contributed by atoms with E-state index in [-0.39, 0.29) is 11.8 Å². The molecule has 1 aromatic carbocycles. The lowest BCUT2D eigenvalue weighted by molar-refractivity contribution is -0.125. The molecule has 0 aromatic heterocycles. The number of nitrogens with zero attached hydrogens (tertiary/aromatic N) is 1. The van der Waals surface area contributed by atoms with Crippen molar-refractivity contribution in [3.63, 3.8) is 0 Å². The van der Waals surface area contributed by atoms with E-state index >= 15 is 0 Å². The molecule has 19 heavy (non-hydrogen) atoms. The Kier molecular flexibility index (Phi) is 4.27. The lowest BCUT2D eigenvalue weighted by Gasteiger charge is -2.18. The lowest BCUT2D eigenvalue weighted by atomic mass is 10.00. The van der Waals surface area contributed by atoms with Crippen LogP contribution < -0.4 is 14.9 Å². The second-order valence-electron chi connectivity index (χ2n) is 4.85. The average Bonchev–Trinajstić information content (AvgIpc) is 2.61. The Morgan fingerprint density at radius 3 is 2.63 bits per heavy atom. The molecular formula is C14H20N2O3. The van der Waals surface area contributed by atoms with Crippen LogP contribution in [-0.4, -0.2) is 38.2 Å². The molecule has 1 unspecified atom stereocenters. The van der Waals surface area contributed by atoms with Crippen molar-refractivity contribution in [3.05, 3.63) is 23.8 Å². The van der Waals surface area contributed by atoms with E-state index in [0.29, 0.717) is 13.2 Å². The Morgan fingerprint density at radius 2 is 1.95 bits per heavy atom. The Bertz CT molecular complexity index is 460. The minimum absolute atomic E-state index is 0.0421. The van der Waals surface area contributed by atoms with Gasteiger partial charge in [-0.25, -0.2) is 5.01 Å². The first-order valence-electron chi connectivity index (χ1n) is 6.45. The molecular weight excluding hydrogens is 244 g/mol. The van der Waals surface area contributed by atoms with E-state index < -0.39 is 0 Å². The maximum atomic E-state index is 12.0. The summed E-state index contributed by atoms with van der Waals surface area (Å²) in [6.45, 7) is 3.19. The lowest BCUT2D eigenvalue weighted by Crippen LogP contribution is -2.38. The molecule has 1 heterocycles. The summed E-state index contributed by atoms with van der Waals surface area (Å²) in [4.78, 5) is 12.0. The van der Waals surface area contributed by atoms with E-state index in [0.717, 1.165) is 23.5 Å². The van der Waals surface area contributed by atoms with Gasteiger partial charge >= 0.3 is 0 Å². The Hall–Kier alpha value is -1.75. The van der Waals surface area contributed by atoms with Crippen LogP contribution in [0.25, 0.3) is 0 Å². The second kappa shape index (κ2) is 5.93. The smallest absolute Gasteiger partial charge is 0.241 e. The topological polar surface area (TPSA) is 50.8 Å². The van der Waals surface area contributed by atoms with Crippen LogP contribution in [0, 0.1) is 0 Å². The van der Waals surface area contributed by atoms with Crippen molar-refractivity contribution >= 4 is 5.91 Å². The van der Waals surface area contributed by atoms with Gasteiger partial charge in [-0.3, -0.25) is 10.2 Å². The molecule has 5 nitrogen and oxygen atoms in total. The third-order valence-corrected chi connectivity index (χ3v) is 3.00. The predicted octanol–water partition coefficient (Wildman–Crippen LogP) is 1.54. The summed E-state index contributed by atoms with van der Waals surface area (Å²) in [6.07, 6.45) is 0.876. The van der Waals surface area contributed by atoms with Gasteiger partial charge in [-0.1, -0.05) is 6.07 Å². The van der Waals surface area contributed by atoms with E-state index in [1.807, 2.05) is 25.1 Å². The number of rotatable bonds is 3. The molecule has 2 rings (SSSR count). The van der Waals surface area contributed by atoms with Gasteiger partial charge < -0.3 is 9.47 Å². The van der Waals surface area contributed by atoms with Crippen molar-refractivity contribution in [2.24, 2.45) is 0 Å². The standard InChI is InChI=1S/C14H20N2O3/c1-10(14(17)15-16(2)3)11-5-6-12-13(9-11)19-8-4-7-18-12/h5-6,9-10H,4,7-8H2,1-3H3,(H,15,17). The summed E-state index contributed by atoms with van der Waals surface area (Å²) in [7, 11) is 3.58. The highest BCUT2D eigenvalue weighted by atomic mass is 16.5. The zero-order chi connectivity index (χ0) is 13.8. The zero-order valence-electron chi connectivity index (χ0n) is 11.6. The van der Waals surface area contributed by atoms with E-state index in [9.17, 15) is 4.79 Å². The molecule has 1 amide bonds. The molecule has 1 aliphatic rings. The number of carbonyl (C=O) groups excluding carboxylic acids is 1. The van der Waals surface area contributed by atoms with Gasteiger partial charge in [0, 0.05) is 20.5 Å². The van der Waals surface area contributed by atoms with E-state index in [1.54, 1.807) is 19.1 Å². The number of nitrogens with one attached hydrogen (secondary N) is 1. The van der Waals surface area contributed by atoms with Crippen LogP contribution in [0.5, 0.6) is 11.5 Å². The number of benzene rings is 1. The van der Waals surface area contributed by atoms with Crippen molar-refractivity contribution in [1.82, 2.24) is 10.4 Å². The molecule has 0 saturated carbocycles. The molecule has 0 spiro atoms. The maximum Gasteiger partial charge on any atom is 0.241 e. The molecule has 1 aromatic rings. The highest BCUT2D eigenvalue weighted by molar-refractivity contribution is 5.83. The van der Waals surface area contributed by atoms with Gasteiger partial charge in [0.1, 0.15) is 0 Å². The third-order valence-electron chi connectivity index (χ3n) is 3.00. The van der Waals surface area contributed by atoms with Gasteiger partial charge in [0.2, 0.25) is 5.91 Å². The van der Waals surface area contributed by atoms with Crippen molar-refractivity contribution in [3.8, 4) is 11.5 Å². The number of hydrogen-bond acceptors (Lipinski definition) is 4. The monoisotopic (exact) mass is 264 g/mol. The fourth-order valence-corrected chi connectivity index (χ4v) is 1.92. The molecule has 0 saturated heterocycles. The summed E-state index contributed by atoms with van der Waals surface area (Å²) in [5, 5.41) is 1.64. The van der Waals surface area contributed by atoms with Crippen LogP contribution >= 0.6 is 0 Å². The number of hydrogen-bond donors (Lipinski definition) is 1. The third kappa shape index (κ3) is 3.38. The maximum absolute atomic E-state index is 12.0. The van der Waals surface area contributed by atoms with Gasteiger partial charge in [-0.05, 0) is 24.6 Å². The summed E-state index contributed by atoms with van der Waals surface area (Å²) >= 11 is 0. The van der Waals surface area contributed by atoms with Crippen molar-refractivity contribution < 1.29 is 14.3 Å². The first-order valence-corrected chi connectivity index (χ1v) is 6.45.